The third kappa shape index (κ3) is 6.02. The number of carbonyl (C=O) groups excluding carboxylic acids is 1. The lowest BCUT2D eigenvalue weighted by Crippen LogP contribution is -2.45. The summed E-state index contributed by atoms with van der Waals surface area (Å²) in [5.41, 5.74) is 0. The Morgan fingerprint density at radius 1 is 1.37 bits per heavy atom. The van der Waals surface area contributed by atoms with Gasteiger partial charge in [-0.1, -0.05) is 0 Å². The molecule has 1 aliphatic heterocycles. The van der Waals surface area contributed by atoms with Crippen molar-refractivity contribution in [3.8, 4) is 0 Å². The minimum absolute atomic E-state index is 0.0742. The van der Waals surface area contributed by atoms with Crippen LogP contribution in [0, 0.1) is 0 Å². The van der Waals surface area contributed by atoms with Crippen LogP contribution in [-0.4, -0.2) is 55.7 Å². The number of carboxylic acid groups (broad SMARTS) is 1. The molecule has 1 rings (SSSR count). The van der Waals surface area contributed by atoms with Gasteiger partial charge in [-0.15, -0.1) is 0 Å². The van der Waals surface area contributed by atoms with Crippen LogP contribution in [-0.2, 0) is 19.6 Å². The zero-order valence-corrected chi connectivity index (χ0v) is 11.8. The van der Waals surface area contributed by atoms with E-state index in [1.807, 2.05) is 0 Å². The van der Waals surface area contributed by atoms with Crippen LogP contribution in [0.2, 0.25) is 0 Å². The molecule has 1 heterocycles. The second-order valence-corrected chi connectivity index (χ2v) is 6.60. The van der Waals surface area contributed by atoms with Gasteiger partial charge in [-0.3, -0.25) is 9.59 Å². The number of sulfonamides is 1. The summed E-state index contributed by atoms with van der Waals surface area (Å²) in [5, 5.41) is 8.64. The zero-order chi connectivity index (χ0) is 14.5. The van der Waals surface area contributed by atoms with E-state index in [1.54, 1.807) is 4.90 Å². The Morgan fingerprint density at radius 3 is 2.63 bits per heavy atom. The van der Waals surface area contributed by atoms with Gasteiger partial charge in [0, 0.05) is 19.1 Å². The molecule has 110 valence electrons. The van der Waals surface area contributed by atoms with Gasteiger partial charge in [-0.2, -0.15) is 0 Å². The quantitative estimate of drug-likeness (QED) is 0.659. The van der Waals surface area contributed by atoms with E-state index in [9.17, 15) is 18.0 Å². The molecule has 19 heavy (non-hydrogen) atoms. The molecular weight excluding hydrogens is 272 g/mol. The topological polar surface area (TPSA) is 104 Å². The standard InChI is InChI=1S/C11H20N2O5S/c1-19(17,18)12-6-5-9-4-2-3-7-13(9)10(14)8-11(15)16/h9,12H,2-8H2,1H3,(H,15,16). The van der Waals surface area contributed by atoms with E-state index in [2.05, 4.69) is 4.72 Å². The van der Waals surface area contributed by atoms with Gasteiger partial charge in [0.1, 0.15) is 6.42 Å². The molecular formula is C11H20N2O5S. The SMILES string of the molecule is CS(=O)(=O)NCCC1CCCCN1C(=O)CC(=O)O. The molecule has 0 aliphatic carbocycles. The Hall–Kier alpha value is -1.15. The molecule has 1 fully saturated rings. The summed E-state index contributed by atoms with van der Waals surface area (Å²) in [6, 6.07) is -0.0742. The van der Waals surface area contributed by atoms with Gasteiger partial charge in [-0.25, -0.2) is 13.1 Å². The maximum atomic E-state index is 11.8. The van der Waals surface area contributed by atoms with E-state index in [1.165, 1.54) is 0 Å². The average Bonchev–Trinajstić information content (AvgIpc) is 2.27. The van der Waals surface area contributed by atoms with Crippen molar-refractivity contribution in [2.24, 2.45) is 0 Å². The van der Waals surface area contributed by atoms with E-state index < -0.39 is 28.3 Å². The van der Waals surface area contributed by atoms with Crippen molar-refractivity contribution in [3.05, 3.63) is 0 Å². The molecule has 1 aliphatic rings. The molecule has 7 nitrogen and oxygen atoms in total. The second kappa shape index (κ2) is 6.85. The van der Waals surface area contributed by atoms with Gasteiger partial charge < -0.3 is 10.0 Å². The summed E-state index contributed by atoms with van der Waals surface area (Å²) in [5.74, 6) is -1.53. The van der Waals surface area contributed by atoms with Gasteiger partial charge in [0.2, 0.25) is 15.9 Å². The van der Waals surface area contributed by atoms with Crippen LogP contribution in [0.25, 0.3) is 0 Å². The lowest BCUT2D eigenvalue weighted by molar-refractivity contribution is -0.146. The smallest absolute Gasteiger partial charge is 0.312 e. The fraction of sp³-hybridized carbons (Fsp3) is 0.818. The molecule has 8 heteroatoms. The first kappa shape index (κ1) is 15.9. The molecule has 0 aromatic rings. The molecule has 1 atom stereocenters. The number of nitrogens with zero attached hydrogens (tertiary/aromatic N) is 1. The first-order chi connectivity index (χ1) is 8.79. The van der Waals surface area contributed by atoms with Crippen LogP contribution in [0.4, 0.5) is 0 Å². The first-order valence-corrected chi connectivity index (χ1v) is 8.14. The van der Waals surface area contributed by atoms with E-state index >= 15 is 0 Å². The monoisotopic (exact) mass is 292 g/mol. The summed E-state index contributed by atoms with van der Waals surface area (Å²) in [6.45, 7) is 0.815. The highest BCUT2D eigenvalue weighted by Crippen LogP contribution is 2.20. The van der Waals surface area contributed by atoms with Crippen LogP contribution in [0.5, 0.6) is 0 Å². The number of hydrogen-bond acceptors (Lipinski definition) is 4. The van der Waals surface area contributed by atoms with E-state index in [0.717, 1.165) is 25.5 Å². The van der Waals surface area contributed by atoms with Gasteiger partial charge in [0.05, 0.1) is 6.26 Å². The van der Waals surface area contributed by atoms with Crippen LogP contribution in [0.1, 0.15) is 32.1 Å². The molecule has 1 saturated heterocycles. The van der Waals surface area contributed by atoms with Crippen LogP contribution in [0.15, 0.2) is 0 Å². The number of hydrogen-bond donors (Lipinski definition) is 2. The Kier molecular flexibility index (Phi) is 5.74. The fourth-order valence-electron chi connectivity index (χ4n) is 2.27. The molecule has 0 bridgehead atoms. The van der Waals surface area contributed by atoms with E-state index in [-0.39, 0.29) is 12.6 Å². The summed E-state index contributed by atoms with van der Waals surface area (Å²) < 4.78 is 24.3. The molecule has 0 saturated carbocycles. The predicted octanol–water partition coefficient (Wildman–Crippen LogP) is -0.218. The number of piperidine rings is 1. The Morgan fingerprint density at radius 2 is 2.05 bits per heavy atom. The predicted molar refractivity (Wildman–Crippen MR) is 69.1 cm³/mol. The van der Waals surface area contributed by atoms with E-state index in [0.29, 0.717) is 13.0 Å². The van der Waals surface area contributed by atoms with Crippen molar-refractivity contribution in [1.82, 2.24) is 9.62 Å². The van der Waals surface area contributed by atoms with Crippen molar-refractivity contribution in [1.29, 1.82) is 0 Å². The third-order valence-electron chi connectivity index (χ3n) is 3.09. The Bertz CT molecular complexity index is 434. The van der Waals surface area contributed by atoms with Gasteiger partial charge in [0.25, 0.3) is 0 Å². The Labute approximate surface area is 113 Å². The molecule has 0 radical (unpaired) electrons. The van der Waals surface area contributed by atoms with Crippen molar-refractivity contribution in [3.63, 3.8) is 0 Å². The molecule has 1 amide bonds. The highest BCUT2D eigenvalue weighted by atomic mass is 32.2. The van der Waals surface area contributed by atoms with Crippen LogP contribution < -0.4 is 4.72 Å². The maximum absolute atomic E-state index is 11.8. The number of amides is 1. The fourth-order valence-corrected chi connectivity index (χ4v) is 2.76. The van der Waals surface area contributed by atoms with Crippen molar-refractivity contribution < 1.29 is 23.1 Å². The number of carbonyl (C=O) groups is 2. The first-order valence-electron chi connectivity index (χ1n) is 6.25. The lowest BCUT2D eigenvalue weighted by Gasteiger charge is -2.35. The van der Waals surface area contributed by atoms with Gasteiger partial charge in [0.15, 0.2) is 0 Å². The largest absolute Gasteiger partial charge is 0.481 e. The molecule has 0 spiro atoms. The summed E-state index contributed by atoms with van der Waals surface area (Å²) in [4.78, 5) is 23.9. The average molecular weight is 292 g/mol. The number of rotatable bonds is 6. The maximum Gasteiger partial charge on any atom is 0.312 e. The third-order valence-corrected chi connectivity index (χ3v) is 3.82. The van der Waals surface area contributed by atoms with Gasteiger partial charge >= 0.3 is 5.97 Å². The Balaban J connectivity index is 2.52. The summed E-state index contributed by atoms with van der Waals surface area (Å²) in [6.07, 6.45) is 3.72. The zero-order valence-electron chi connectivity index (χ0n) is 11.0. The second-order valence-electron chi connectivity index (χ2n) is 4.76. The minimum Gasteiger partial charge on any atom is -0.481 e. The number of aliphatic carboxylic acids is 1. The highest BCUT2D eigenvalue weighted by Gasteiger charge is 2.27. The van der Waals surface area contributed by atoms with Crippen LogP contribution >= 0.6 is 0 Å². The van der Waals surface area contributed by atoms with Gasteiger partial charge in [-0.05, 0) is 25.7 Å². The highest BCUT2D eigenvalue weighted by molar-refractivity contribution is 7.88. The number of likely N-dealkylation sites (tertiary alicyclic amines) is 1. The number of nitrogens with one attached hydrogen (secondary N) is 1. The molecule has 1 unspecified atom stereocenters. The lowest BCUT2D eigenvalue weighted by atomic mass is 9.99. The van der Waals surface area contributed by atoms with Crippen molar-refractivity contribution in [2.45, 2.75) is 38.1 Å². The summed E-state index contributed by atoms with van der Waals surface area (Å²) in [7, 11) is -3.23. The van der Waals surface area contributed by atoms with Crippen LogP contribution in [0.3, 0.4) is 0 Å². The van der Waals surface area contributed by atoms with Crippen molar-refractivity contribution in [2.75, 3.05) is 19.3 Å². The molecule has 2 N–H and O–H groups in total. The van der Waals surface area contributed by atoms with E-state index in [4.69, 9.17) is 5.11 Å². The summed E-state index contributed by atoms with van der Waals surface area (Å²) >= 11 is 0. The normalized spacial score (nSPS) is 20.3. The minimum atomic E-state index is -3.23. The number of carboxylic acids is 1. The van der Waals surface area contributed by atoms with Crippen molar-refractivity contribution >= 4 is 21.9 Å². The molecule has 0 aromatic carbocycles. The molecule has 0 aromatic heterocycles.